The molecule has 3 aromatic rings. The number of carbonyl (C=O) groups is 1. The van der Waals surface area contributed by atoms with Gasteiger partial charge in [0.25, 0.3) is 0 Å². The fraction of sp³-hybridized carbons (Fsp3) is 0.304. The number of nitrogens with zero attached hydrogens (tertiary/aromatic N) is 2. The molecule has 0 radical (unpaired) electrons. The Morgan fingerprint density at radius 1 is 1.18 bits per heavy atom. The SMILES string of the molecule is COc1ccc2c(c1)C(=O)c1c-2c(N2CCCC(CO)C2)nc2ccccc12. The van der Waals surface area contributed by atoms with Crippen molar-refractivity contribution in [3.8, 4) is 16.9 Å². The van der Waals surface area contributed by atoms with E-state index in [1.807, 2.05) is 42.5 Å². The molecule has 2 aliphatic rings. The van der Waals surface area contributed by atoms with Gasteiger partial charge >= 0.3 is 0 Å². The lowest BCUT2D eigenvalue weighted by atomic mass is 9.97. The van der Waals surface area contributed by atoms with Gasteiger partial charge < -0.3 is 14.7 Å². The predicted octanol–water partition coefficient (Wildman–Crippen LogP) is 3.66. The number of anilines is 1. The van der Waals surface area contributed by atoms with Crippen LogP contribution in [-0.4, -0.2) is 42.7 Å². The predicted molar refractivity (Wildman–Crippen MR) is 109 cm³/mol. The Kier molecular flexibility index (Phi) is 4.05. The number of ether oxygens (including phenoxy) is 1. The number of rotatable bonds is 3. The minimum atomic E-state index is 0.0273. The molecule has 0 bridgehead atoms. The standard InChI is InChI=1S/C23H22N2O3/c1-28-15-8-9-16-18(11-15)22(27)20-17-6-2-3-7-19(17)24-23(21(16)20)25-10-4-5-14(12-25)13-26/h2-3,6-9,11,14,26H,4-5,10,12-13H2,1H3. The highest BCUT2D eigenvalue weighted by Crippen LogP contribution is 2.46. The summed E-state index contributed by atoms with van der Waals surface area (Å²) in [6.45, 7) is 1.82. The fourth-order valence-corrected chi connectivity index (χ4v) is 4.52. The molecule has 1 unspecified atom stereocenters. The zero-order valence-corrected chi connectivity index (χ0v) is 15.8. The van der Waals surface area contributed by atoms with Crippen LogP contribution in [0.25, 0.3) is 22.0 Å². The van der Waals surface area contributed by atoms with Crippen LogP contribution in [0.15, 0.2) is 42.5 Å². The van der Waals surface area contributed by atoms with Gasteiger partial charge in [-0.2, -0.15) is 0 Å². The lowest BCUT2D eigenvalue weighted by molar-refractivity contribution is 0.104. The molecule has 1 saturated heterocycles. The van der Waals surface area contributed by atoms with Crippen LogP contribution in [-0.2, 0) is 0 Å². The van der Waals surface area contributed by atoms with Crippen molar-refractivity contribution in [2.75, 3.05) is 31.7 Å². The molecule has 1 aliphatic heterocycles. The minimum absolute atomic E-state index is 0.0273. The number of aliphatic hydroxyl groups excluding tert-OH is 1. The molecule has 0 spiro atoms. The Balaban J connectivity index is 1.77. The summed E-state index contributed by atoms with van der Waals surface area (Å²) in [7, 11) is 1.61. The topological polar surface area (TPSA) is 62.7 Å². The molecule has 5 nitrogen and oxygen atoms in total. The number of carbonyl (C=O) groups excluding carboxylic acids is 1. The van der Waals surface area contributed by atoms with Crippen molar-refractivity contribution < 1.29 is 14.6 Å². The molecule has 0 saturated carbocycles. The van der Waals surface area contributed by atoms with E-state index in [1.54, 1.807) is 7.11 Å². The molecule has 1 atom stereocenters. The van der Waals surface area contributed by atoms with Crippen LogP contribution >= 0.6 is 0 Å². The fourth-order valence-electron chi connectivity index (χ4n) is 4.52. The van der Waals surface area contributed by atoms with Crippen LogP contribution in [0.2, 0.25) is 0 Å². The Hall–Kier alpha value is -2.92. The second kappa shape index (κ2) is 6.60. The van der Waals surface area contributed by atoms with Crippen molar-refractivity contribution >= 4 is 22.5 Å². The first kappa shape index (κ1) is 17.2. The number of aliphatic hydroxyl groups is 1. The van der Waals surface area contributed by atoms with Crippen molar-refractivity contribution in [3.05, 3.63) is 53.6 Å². The molecule has 142 valence electrons. The van der Waals surface area contributed by atoms with Crippen LogP contribution in [0, 0.1) is 5.92 Å². The number of methoxy groups -OCH3 is 1. The summed E-state index contributed by atoms with van der Waals surface area (Å²) in [5.74, 6) is 1.80. The molecule has 5 heteroatoms. The molecule has 2 heterocycles. The van der Waals surface area contributed by atoms with Crippen molar-refractivity contribution in [3.63, 3.8) is 0 Å². The number of para-hydroxylation sites is 1. The van der Waals surface area contributed by atoms with Gasteiger partial charge in [-0.3, -0.25) is 4.79 Å². The average molecular weight is 374 g/mol. The molecule has 28 heavy (non-hydrogen) atoms. The lowest BCUT2D eigenvalue weighted by Crippen LogP contribution is -2.37. The number of aromatic nitrogens is 1. The summed E-state index contributed by atoms with van der Waals surface area (Å²) in [6, 6.07) is 13.5. The Labute approximate surface area is 163 Å². The first-order valence-corrected chi connectivity index (χ1v) is 9.73. The van der Waals surface area contributed by atoms with Gasteiger partial charge in [-0.1, -0.05) is 18.2 Å². The van der Waals surface area contributed by atoms with E-state index >= 15 is 0 Å². The van der Waals surface area contributed by atoms with Gasteiger partial charge in [0.15, 0.2) is 5.78 Å². The Morgan fingerprint density at radius 2 is 2.04 bits per heavy atom. The number of fused-ring (bicyclic) bond motifs is 5. The van der Waals surface area contributed by atoms with E-state index < -0.39 is 0 Å². The van der Waals surface area contributed by atoms with Crippen molar-refractivity contribution in [2.24, 2.45) is 5.92 Å². The molecule has 1 aliphatic carbocycles. The number of piperidine rings is 1. The van der Waals surface area contributed by atoms with Crippen LogP contribution in [0.4, 0.5) is 5.82 Å². The van der Waals surface area contributed by atoms with Gasteiger partial charge in [-0.25, -0.2) is 4.98 Å². The summed E-state index contributed by atoms with van der Waals surface area (Å²) in [4.78, 5) is 20.6. The van der Waals surface area contributed by atoms with Crippen molar-refractivity contribution in [1.29, 1.82) is 0 Å². The van der Waals surface area contributed by atoms with Gasteiger partial charge in [0, 0.05) is 41.8 Å². The summed E-state index contributed by atoms with van der Waals surface area (Å²) in [5, 5.41) is 10.5. The van der Waals surface area contributed by atoms with Crippen molar-refractivity contribution in [2.45, 2.75) is 12.8 Å². The minimum Gasteiger partial charge on any atom is -0.497 e. The molecular formula is C23H22N2O3. The third-order valence-electron chi connectivity index (χ3n) is 5.92. The number of hydrogen-bond donors (Lipinski definition) is 1. The number of benzene rings is 2. The summed E-state index contributed by atoms with van der Waals surface area (Å²) in [6.07, 6.45) is 2.04. The van der Waals surface area contributed by atoms with E-state index in [2.05, 4.69) is 4.90 Å². The van der Waals surface area contributed by atoms with E-state index in [-0.39, 0.29) is 18.3 Å². The number of hydrogen-bond acceptors (Lipinski definition) is 5. The van der Waals surface area contributed by atoms with Crippen LogP contribution < -0.4 is 9.64 Å². The number of ketones is 1. The van der Waals surface area contributed by atoms with E-state index in [9.17, 15) is 9.90 Å². The normalized spacial score (nSPS) is 18.3. The largest absolute Gasteiger partial charge is 0.497 e. The third kappa shape index (κ3) is 2.50. The number of pyridine rings is 1. The molecule has 0 amide bonds. The maximum atomic E-state index is 13.4. The molecule has 1 aromatic heterocycles. The molecule has 5 rings (SSSR count). The second-order valence-electron chi connectivity index (χ2n) is 7.58. The smallest absolute Gasteiger partial charge is 0.195 e. The molecule has 1 fully saturated rings. The average Bonchev–Trinajstić information content (AvgIpc) is 3.05. The van der Waals surface area contributed by atoms with E-state index in [0.29, 0.717) is 11.3 Å². The van der Waals surface area contributed by atoms with Crippen LogP contribution in [0.1, 0.15) is 28.8 Å². The molecular weight excluding hydrogens is 352 g/mol. The van der Waals surface area contributed by atoms with E-state index in [4.69, 9.17) is 9.72 Å². The molecule has 1 N–H and O–H groups in total. The maximum absolute atomic E-state index is 13.4. The zero-order valence-electron chi connectivity index (χ0n) is 15.8. The van der Waals surface area contributed by atoms with Crippen molar-refractivity contribution in [1.82, 2.24) is 4.98 Å². The highest BCUT2D eigenvalue weighted by molar-refractivity contribution is 6.28. The third-order valence-corrected chi connectivity index (χ3v) is 5.92. The second-order valence-corrected chi connectivity index (χ2v) is 7.58. The van der Waals surface area contributed by atoms with Gasteiger partial charge in [0.05, 0.1) is 12.6 Å². The quantitative estimate of drug-likeness (QED) is 0.593. The van der Waals surface area contributed by atoms with E-state index in [0.717, 1.165) is 59.3 Å². The summed E-state index contributed by atoms with van der Waals surface area (Å²) < 4.78 is 5.34. The maximum Gasteiger partial charge on any atom is 0.195 e. The van der Waals surface area contributed by atoms with Gasteiger partial charge in [0.1, 0.15) is 11.6 Å². The van der Waals surface area contributed by atoms with Crippen LogP contribution in [0.3, 0.4) is 0 Å². The lowest BCUT2D eigenvalue weighted by Gasteiger charge is -2.34. The van der Waals surface area contributed by atoms with Gasteiger partial charge in [0.2, 0.25) is 0 Å². The van der Waals surface area contributed by atoms with Gasteiger partial charge in [-0.05, 0) is 48.6 Å². The monoisotopic (exact) mass is 374 g/mol. The summed E-state index contributed by atoms with van der Waals surface area (Å²) in [5.41, 5.74) is 4.06. The van der Waals surface area contributed by atoms with E-state index in [1.165, 1.54) is 0 Å². The molecule has 2 aromatic carbocycles. The first-order valence-electron chi connectivity index (χ1n) is 9.73. The highest BCUT2D eigenvalue weighted by Gasteiger charge is 2.35. The zero-order chi connectivity index (χ0) is 19.3. The summed E-state index contributed by atoms with van der Waals surface area (Å²) >= 11 is 0. The van der Waals surface area contributed by atoms with Crippen LogP contribution in [0.5, 0.6) is 5.75 Å². The first-order chi connectivity index (χ1) is 13.7. The van der Waals surface area contributed by atoms with Gasteiger partial charge in [-0.15, -0.1) is 0 Å². The Bertz CT molecular complexity index is 1090. The Morgan fingerprint density at radius 3 is 2.86 bits per heavy atom. The highest BCUT2D eigenvalue weighted by atomic mass is 16.5.